The second kappa shape index (κ2) is 7.41. The monoisotopic (exact) mass is 275 g/mol. The van der Waals surface area contributed by atoms with Crippen LogP contribution in [0.1, 0.15) is 26.1 Å². The molecule has 20 heavy (non-hydrogen) atoms. The third kappa shape index (κ3) is 3.38. The van der Waals surface area contributed by atoms with E-state index in [-0.39, 0.29) is 6.61 Å². The number of aliphatic hydroxyl groups is 1. The van der Waals surface area contributed by atoms with Crippen LogP contribution in [0.25, 0.3) is 11.0 Å². The smallest absolute Gasteiger partial charge is 0.109 e. The van der Waals surface area contributed by atoms with Gasteiger partial charge in [-0.3, -0.25) is 0 Å². The van der Waals surface area contributed by atoms with Gasteiger partial charge in [-0.2, -0.15) is 0 Å². The Bertz CT molecular complexity index is 532. The summed E-state index contributed by atoms with van der Waals surface area (Å²) in [5.41, 5.74) is 2.26. The topological polar surface area (TPSA) is 41.3 Å². The molecule has 0 bridgehead atoms. The van der Waals surface area contributed by atoms with Gasteiger partial charge in [-0.05, 0) is 31.6 Å². The van der Waals surface area contributed by atoms with E-state index in [0.29, 0.717) is 0 Å². The zero-order valence-corrected chi connectivity index (χ0v) is 12.5. The van der Waals surface area contributed by atoms with Crippen LogP contribution in [0, 0.1) is 0 Å². The van der Waals surface area contributed by atoms with Crippen molar-refractivity contribution in [3.05, 3.63) is 30.1 Å². The lowest BCUT2D eigenvalue weighted by Crippen LogP contribution is -2.27. The zero-order chi connectivity index (χ0) is 14.4. The molecule has 1 heterocycles. The van der Waals surface area contributed by atoms with Crippen molar-refractivity contribution in [3.63, 3.8) is 0 Å². The number of hydrogen-bond acceptors (Lipinski definition) is 3. The molecule has 1 aromatic carbocycles. The molecule has 0 fully saturated rings. The molecule has 0 aliphatic heterocycles. The summed E-state index contributed by atoms with van der Waals surface area (Å²) >= 11 is 0. The van der Waals surface area contributed by atoms with Crippen LogP contribution in [0.3, 0.4) is 0 Å². The molecule has 1 aromatic heterocycles. The maximum absolute atomic E-state index is 9.04. The average Bonchev–Trinajstić information content (AvgIpc) is 2.84. The minimum atomic E-state index is 0.221. The standard InChI is InChI=1S/C16H25N3O/c1-3-18(4-2)11-12-19-15-9-6-5-8-14(15)17-16(19)10-7-13-20/h5-6,8-9,20H,3-4,7,10-13H2,1-2H3. The molecule has 2 rings (SSSR count). The Morgan fingerprint density at radius 1 is 1.20 bits per heavy atom. The number of likely N-dealkylation sites (N-methyl/N-ethyl adjacent to an activating group) is 1. The molecule has 0 saturated carbocycles. The van der Waals surface area contributed by atoms with E-state index in [4.69, 9.17) is 10.1 Å². The highest BCUT2D eigenvalue weighted by molar-refractivity contribution is 5.75. The van der Waals surface area contributed by atoms with Gasteiger partial charge in [0.25, 0.3) is 0 Å². The van der Waals surface area contributed by atoms with E-state index < -0.39 is 0 Å². The minimum Gasteiger partial charge on any atom is -0.396 e. The summed E-state index contributed by atoms with van der Waals surface area (Å²) in [5.74, 6) is 1.09. The van der Waals surface area contributed by atoms with Crippen LogP contribution < -0.4 is 0 Å². The van der Waals surface area contributed by atoms with E-state index in [2.05, 4.69) is 41.5 Å². The Kier molecular flexibility index (Phi) is 5.56. The minimum absolute atomic E-state index is 0.221. The third-order valence-corrected chi connectivity index (χ3v) is 3.83. The first-order chi connectivity index (χ1) is 9.80. The second-order valence-corrected chi connectivity index (χ2v) is 5.02. The zero-order valence-electron chi connectivity index (χ0n) is 12.5. The molecule has 0 aliphatic carbocycles. The molecule has 0 amide bonds. The first-order valence-corrected chi connectivity index (χ1v) is 7.57. The van der Waals surface area contributed by atoms with E-state index in [1.165, 1.54) is 5.52 Å². The molecule has 0 spiro atoms. The number of imidazole rings is 1. The molecule has 0 unspecified atom stereocenters. The van der Waals surface area contributed by atoms with Crippen molar-refractivity contribution in [1.29, 1.82) is 0 Å². The first-order valence-electron chi connectivity index (χ1n) is 7.57. The van der Waals surface area contributed by atoms with Gasteiger partial charge in [-0.25, -0.2) is 4.98 Å². The summed E-state index contributed by atoms with van der Waals surface area (Å²) in [6.45, 7) is 8.77. The fraction of sp³-hybridized carbons (Fsp3) is 0.562. The number of benzene rings is 1. The van der Waals surface area contributed by atoms with Crippen molar-refractivity contribution in [2.45, 2.75) is 33.2 Å². The fourth-order valence-corrected chi connectivity index (χ4v) is 2.58. The average molecular weight is 275 g/mol. The van der Waals surface area contributed by atoms with Crippen LogP contribution in [0.5, 0.6) is 0 Å². The van der Waals surface area contributed by atoms with E-state index in [9.17, 15) is 0 Å². The van der Waals surface area contributed by atoms with Gasteiger partial charge >= 0.3 is 0 Å². The molecular formula is C16H25N3O. The predicted molar refractivity (Wildman–Crippen MR) is 82.9 cm³/mol. The summed E-state index contributed by atoms with van der Waals surface area (Å²) in [5, 5.41) is 9.04. The lowest BCUT2D eigenvalue weighted by molar-refractivity contribution is 0.281. The van der Waals surface area contributed by atoms with Gasteiger partial charge in [0.15, 0.2) is 0 Å². The number of rotatable bonds is 8. The van der Waals surface area contributed by atoms with Crippen LogP contribution in [0.15, 0.2) is 24.3 Å². The Balaban J connectivity index is 2.23. The maximum atomic E-state index is 9.04. The highest BCUT2D eigenvalue weighted by Gasteiger charge is 2.10. The number of aromatic nitrogens is 2. The molecule has 0 saturated heterocycles. The van der Waals surface area contributed by atoms with Crippen molar-refractivity contribution in [2.75, 3.05) is 26.2 Å². The number of aliphatic hydroxyl groups excluding tert-OH is 1. The summed E-state index contributed by atoms with van der Waals surface area (Å²) in [6.07, 6.45) is 1.61. The molecule has 0 radical (unpaired) electrons. The molecule has 4 nitrogen and oxygen atoms in total. The number of para-hydroxylation sites is 2. The Labute approximate surface area is 121 Å². The van der Waals surface area contributed by atoms with Gasteiger partial charge < -0.3 is 14.6 Å². The summed E-state index contributed by atoms with van der Waals surface area (Å²) in [7, 11) is 0. The van der Waals surface area contributed by atoms with Crippen molar-refractivity contribution in [1.82, 2.24) is 14.5 Å². The third-order valence-electron chi connectivity index (χ3n) is 3.83. The molecule has 0 atom stereocenters. The van der Waals surface area contributed by atoms with E-state index in [1.807, 2.05) is 6.07 Å². The number of nitrogens with zero attached hydrogens (tertiary/aromatic N) is 3. The number of fused-ring (bicyclic) bond motifs is 1. The summed E-state index contributed by atoms with van der Waals surface area (Å²) in [6, 6.07) is 8.28. The molecule has 110 valence electrons. The molecule has 1 N–H and O–H groups in total. The van der Waals surface area contributed by atoms with E-state index >= 15 is 0 Å². The number of aryl methyl sites for hydroxylation is 1. The van der Waals surface area contributed by atoms with Crippen molar-refractivity contribution >= 4 is 11.0 Å². The molecule has 4 heteroatoms. The van der Waals surface area contributed by atoms with Crippen LogP contribution in [-0.2, 0) is 13.0 Å². The largest absolute Gasteiger partial charge is 0.396 e. The van der Waals surface area contributed by atoms with E-state index in [0.717, 1.165) is 50.4 Å². The highest BCUT2D eigenvalue weighted by atomic mass is 16.2. The Morgan fingerprint density at radius 2 is 1.95 bits per heavy atom. The van der Waals surface area contributed by atoms with Gasteiger partial charge in [0, 0.05) is 26.1 Å². The second-order valence-electron chi connectivity index (χ2n) is 5.02. The lowest BCUT2D eigenvalue weighted by atomic mass is 10.3. The molecular weight excluding hydrogens is 250 g/mol. The predicted octanol–water partition coefficient (Wildman–Crippen LogP) is 2.30. The van der Waals surface area contributed by atoms with Gasteiger partial charge in [-0.15, -0.1) is 0 Å². The van der Waals surface area contributed by atoms with Crippen LogP contribution in [0.2, 0.25) is 0 Å². The van der Waals surface area contributed by atoms with Gasteiger partial charge in [0.2, 0.25) is 0 Å². The van der Waals surface area contributed by atoms with Crippen LogP contribution in [-0.4, -0.2) is 45.8 Å². The van der Waals surface area contributed by atoms with Crippen molar-refractivity contribution in [3.8, 4) is 0 Å². The highest BCUT2D eigenvalue weighted by Crippen LogP contribution is 2.17. The van der Waals surface area contributed by atoms with Crippen LogP contribution in [0.4, 0.5) is 0 Å². The van der Waals surface area contributed by atoms with Gasteiger partial charge in [0.05, 0.1) is 11.0 Å². The quantitative estimate of drug-likeness (QED) is 0.804. The first kappa shape index (κ1) is 15.0. The van der Waals surface area contributed by atoms with Crippen molar-refractivity contribution < 1.29 is 5.11 Å². The molecule has 0 aliphatic rings. The van der Waals surface area contributed by atoms with Crippen molar-refractivity contribution in [2.24, 2.45) is 0 Å². The summed E-state index contributed by atoms with van der Waals surface area (Å²) < 4.78 is 2.31. The Morgan fingerprint density at radius 3 is 2.65 bits per heavy atom. The normalized spacial score (nSPS) is 11.6. The maximum Gasteiger partial charge on any atom is 0.109 e. The summed E-state index contributed by atoms with van der Waals surface area (Å²) in [4.78, 5) is 7.13. The molecule has 2 aromatic rings. The van der Waals surface area contributed by atoms with Gasteiger partial charge in [0.1, 0.15) is 5.82 Å². The fourth-order valence-electron chi connectivity index (χ4n) is 2.58. The SMILES string of the molecule is CCN(CC)CCn1c(CCCO)nc2ccccc21. The van der Waals surface area contributed by atoms with E-state index in [1.54, 1.807) is 0 Å². The van der Waals surface area contributed by atoms with Gasteiger partial charge in [-0.1, -0.05) is 26.0 Å². The lowest BCUT2D eigenvalue weighted by Gasteiger charge is -2.19. The number of hydrogen-bond donors (Lipinski definition) is 1. The van der Waals surface area contributed by atoms with Crippen LogP contribution >= 0.6 is 0 Å². The Hall–Kier alpha value is -1.39.